The summed E-state index contributed by atoms with van der Waals surface area (Å²) in [5.41, 5.74) is 3.66. The lowest BCUT2D eigenvalue weighted by Gasteiger charge is -2.36. The fourth-order valence-electron chi connectivity index (χ4n) is 4.95. The van der Waals surface area contributed by atoms with Gasteiger partial charge in [0.1, 0.15) is 12.2 Å². The first-order valence-electron chi connectivity index (χ1n) is 13.7. The molecule has 0 aromatic heterocycles. The number of rotatable bonds is 14. The third kappa shape index (κ3) is 6.87. The fraction of sp³-hybridized carbons (Fsp3) is 0.200. The molecule has 0 saturated heterocycles. The first-order valence-corrected chi connectivity index (χ1v) is 13.7. The third-order valence-electron chi connectivity index (χ3n) is 7.06. The van der Waals surface area contributed by atoms with Gasteiger partial charge in [-0.05, 0) is 28.8 Å². The van der Waals surface area contributed by atoms with Crippen LogP contribution in [0.3, 0.4) is 0 Å². The lowest BCUT2D eigenvalue weighted by Crippen LogP contribution is -2.54. The van der Waals surface area contributed by atoms with Gasteiger partial charge in [-0.2, -0.15) is 0 Å². The molecule has 6 nitrogen and oxygen atoms in total. The standard InChI is InChI=1S/C35H33NO5/c1-2-32(40-23-27-16-8-4-9-17-27)33(41-24-28-18-10-5-11-19-28)31(25-39-22-26-14-6-3-7-15-26)36-34(37)29-20-12-13-21-30(29)35(36)38/h2-21,31-33H,1,22-25H2/t31-,32-,33-/m1/s1. The lowest BCUT2D eigenvalue weighted by molar-refractivity contribution is -0.106. The molecule has 208 valence electrons. The molecule has 1 aliphatic heterocycles. The van der Waals surface area contributed by atoms with Crippen molar-refractivity contribution >= 4 is 11.8 Å². The Morgan fingerprint density at radius 2 is 1.05 bits per heavy atom. The summed E-state index contributed by atoms with van der Waals surface area (Å²) in [6.07, 6.45) is 0.268. The van der Waals surface area contributed by atoms with Gasteiger partial charge in [-0.3, -0.25) is 14.5 Å². The number of imide groups is 1. The van der Waals surface area contributed by atoms with E-state index in [9.17, 15) is 9.59 Å². The molecule has 2 amide bonds. The number of benzene rings is 4. The van der Waals surface area contributed by atoms with Crippen molar-refractivity contribution in [3.63, 3.8) is 0 Å². The van der Waals surface area contributed by atoms with Crippen molar-refractivity contribution in [3.05, 3.63) is 156 Å². The van der Waals surface area contributed by atoms with Crippen molar-refractivity contribution in [2.75, 3.05) is 6.61 Å². The molecule has 5 rings (SSSR count). The largest absolute Gasteiger partial charge is 0.375 e. The van der Waals surface area contributed by atoms with Crippen LogP contribution in [0.15, 0.2) is 128 Å². The van der Waals surface area contributed by atoms with Crippen LogP contribution in [0.2, 0.25) is 0 Å². The van der Waals surface area contributed by atoms with E-state index in [2.05, 4.69) is 6.58 Å². The van der Waals surface area contributed by atoms with Crippen molar-refractivity contribution in [2.24, 2.45) is 0 Å². The Kier molecular flexibility index (Phi) is 9.49. The summed E-state index contributed by atoms with van der Waals surface area (Å²) in [5, 5.41) is 0. The van der Waals surface area contributed by atoms with Crippen LogP contribution in [0, 0.1) is 0 Å². The molecule has 0 aliphatic carbocycles. The Hall–Kier alpha value is -4.36. The molecule has 4 aromatic rings. The van der Waals surface area contributed by atoms with Gasteiger partial charge in [-0.25, -0.2) is 0 Å². The van der Waals surface area contributed by atoms with Gasteiger partial charge in [0.05, 0.1) is 43.6 Å². The minimum absolute atomic E-state index is 0.0544. The monoisotopic (exact) mass is 547 g/mol. The average molecular weight is 548 g/mol. The third-order valence-corrected chi connectivity index (χ3v) is 7.06. The summed E-state index contributed by atoms with van der Waals surface area (Å²) in [6, 6.07) is 35.4. The number of carbonyl (C=O) groups excluding carboxylic acids is 2. The molecule has 0 saturated carbocycles. The summed E-state index contributed by atoms with van der Waals surface area (Å²) in [5.74, 6) is -0.754. The molecule has 4 aromatic carbocycles. The van der Waals surface area contributed by atoms with Gasteiger partial charge in [0, 0.05) is 0 Å². The van der Waals surface area contributed by atoms with Crippen molar-refractivity contribution < 1.29 is 23.8 Å². The van der Waals surface area contributed by atoms with Crippen LogP contribution >= 0.6 is 0 Å². The first kappa shape index (κ1) is 28.2. The molecule has 1 aliphatic rings. The molecular formula is C35H33NO5. The van der Waals surface area contributed by atoms with Crippen molar-refractivity contribution in [3.8, 4) is 0 Å². The summed E-state index contributed by atoms with van der Waals surface area (Å²) in [7, 11) is 0. The summed E-state index contributed by atoms with van der Waals surface area (Å²) in [6.45, 7) is 4.96. The van der Waals surface area contributed by atoms with E-state index < -0.39 is 18.2 Å². The molecule has 3 atom stereocenters. The Balaban J connectivity index is 1.46. The smallest absolute Gasteiger partial charge is 0.261 e. The van der Waals surface area contributed by atoms with Gasteiger partial charge < -0.3 is 14.2 Å². The Bertz CT molecular complexity index is 1410. The van der Waals surface area contributed by atoms with Crippen LogP contribution in [-0.2, 0) is 34.0 Å². The second kappa shape index (κ2) is 13.8. The topological polar surface area (TPSA) is 65.1 Å². The fourth-order valence-corrected chi connectivity index (χ4v) is 4.95. The molecule has 0 N–H and O–H groups in total. The second-order valence-electron chi connectivity index (χ2n) is 9.85. The maximum Gasteiger partial charge on any atom is 0.261 e. The second-order valence-corrected chi connectivity index (χ2v) is 9.85. The molecule has 0 bridgehead atoms. The number of nitrogens with zero attached hydrogens (tertiary/aromatic N) is 1. The van der Waals surface area contributed by atoms with Crippen molar-refractivity contribution in [2.45, 2.75) is 38.1 Å². The molecule has 41 heavy (non-hydrogen) atoms. The maximum absolute atomic E-state index is 13.7. The summed E-state index contributed by atoms with van der Waals surface area (Å²) in [4.78, 5) is 28.6. The van der Waals surface area contributed by atoms with Gasteiger partial charge in [-0.15, -0.1) is 6.58 Å². The van der Waals surface area contributed by atoms with Gasteiger partial charge in [-0.1, -0.05) is 109 Å². The highest BCUT2D eigenvalue weighted by molar-refractivity contribution is 6.21. The molecule has 6 heteroatoms. The van der Waals surface area contributed by atoms with Crippen LogP contribution in [0.4, 0.5) is 0 Å². The Morgan fingerprint density at radius 1 is 0.610 bits per heavy atom. The van der Waals surface area contributed by atoms with Crippen LogP contribution in [-0.4, -0.2) is 41.6 Å². The van der Waals surface area contributed by atoms with E-state index in [1.165, 1.54) is 4.90 Å². The number of hydrogen-bond donors (Lipinski definition) is 0. The summed E-state index contributed by atoms with van der Waals surface area (Å²) < 4.78 is 19.0. The van der Waals surface area contributed by atoms with Gasteiger partial charge in [0.25, 0.3) is 11.8 Å². The zero-order valence-electron chi connectivity index (χ0n) is 22.8. The number of ether oxygens (including phenoxy) is 3. The summed E-state index contributed by atoms with van der Waals surface area (Å²) >= 11 is 0. The van der Waals surface area contributed by atoms with Crippen LogP contribution in [0.25, 0.3) is 0 Å². The highest BCUT2D eigenvalue weighted by Crippen LogP contribution is 2.29. The zero-order chi connectivity index (χ0) is 28.4. The minimum Gasteiger partial charge on any atom is -0.375 e. The van der Waals surface area contributed by atoms with E-state index in [1.54, 1.807) is 30.3 Å². The van der Waals surface area contributed by atoms with E-state index in [0.29, 0.717) is 24.3 Å². The average Bonchev–Trinajstić information content (AvgIpc) is 3.28. The highest BCUT2D eigenvalue weighted by atomic mass is 16.5. The van der Waals surface area contributed by atoms with E-state index in [4.69, 9.17) is 14.2 Å². The quantitative estimate of drug-likeness (QED) is 0.138. The number of amides is 2. The molecule has 1 heterocycles. The SMILES string of the molecule is C=C[C@@H](OCc1ccccc1)[C@H](OCc1ccccc1)[C@@H](COCc1ccccc1)N1C(=O)c2ccccc2C1=O. The highest BCUT2D eigenvalue weighted by Gasteiger charge is 2.45. The molecule has 0 radical (unpaired) electrons. The van der Waals surface area contributed by atoms with Gasteiger partial charge in [0.2, 0.25) is 0 Å². The maximum atomic E-state index is 13.7. The van der Waals surface area contributed by atoms with E-state index in [-0.39, 0.29) is 25.0 Å². The van der Waals surface area contributed by atoms with Gasteiger partial charge in [0.15, 0.2) is 0 Å². The first-order chi connectivity index (χ1) is 20.2. The Morgan fingerprint density at radius 3 is 1.54 bits per heavy atom. The predicted molar refractivity (Wildman–Crippen MR) is 157 cm³/mol. The van der Waals surface area contributed by atoms with E-state index in [0.717, 1.165) is 16.7 Å². The molecular weight excluding hydrogens is 514 g/mol. The van der Waals surface area contributed by atoms with Crippen LogP contribution in [0.5, 0.6) is 0 Å². The predicted octanol–water partition coefficient (Wildman–Crippen LogP) is 6.22. The number of fused-ring (bicyclic) bond motifs is 1. The van der Waals surface area contributed by atoms with E-state index >= 15 is 0 Å². The zero-order valence-corrected chi connectivity index (χ0v) is 22.8. The molecule has 0 unspecified atom stereocenters. The molecule has 0 fully saturated rings. The lowest BCUT2D eigenvalue weighted by atomic mass is 10.0. The minimum atomic E-state index is -0.784. The van der Waals surface area contributed by atoms with Gasteiger partial charge >= 0.3 is 0 Å². The van der Waals surface area contributed by atoms with Crippen molar-refractivity contribution in [1.29, 1.82) is 0 Å². The number of hydrogen-bond acceptors (Lipinski definition) is 5. The Labute approximate surface area is 240 Å². The van der Waals surface area contributed by atoms with Crippen LogP contribution in [0.1, 0.15) is 37.4 Å². The van der Waals surface area contributed by atoms with Crippen LogP contribution < -0.4 is 0 Å². The van der Waals surface area contributed by atoms with E-state index in [1.807, 2.05) is 91.0 Å². The number of carbonyl (C=O) groups is 2. The molecule has 0 spiro atoms. The normalized spacial score (nSPS) is 14.9. The van der Waals surface area contributed by atoms with Crippen molar-refractivity contribution in [1.82, 2.24) is 4.90 Å².